The topological polar surface area (TPSA) is 47.8 Å². The summed E-state index contributed by atoms with van der Waals surface area (Å²) in [5.41, 5.74) is 4.92. The normalized spacial score (nSPS) is 11.1. The zero-order valence-corrected chi connectivity index (χ0v) is 15.3. The number of carbonyl (C=O) groups is 1. The van der Waals surface area contributed by atoms with E-state index >= 15 is 0 Å². The summed E-state index contributed by atoms with van der Waals surface area (Å²) < 4.78 is 1.73. The minimum absolute atomic E-state index is 0.562. The molecule has 132 valence electrons. The molecule has 2 aromatic carbocycles. The molecule has 2 aromatic heterocycles. The largest absolute Gasteiger partial charge is 0.298 e. The Morgan fingerprint density at radius 1 is 0.963 bits per heavy atom. The van der Waals surface area contributed by atoms with Gasteiger partial charge >= 0.3 is 0 Å². The fraction of sp³-hybridized carbons (Fsp3) is 0.0455. The Kier molecular flexibility index (Phi) is 5.03. The Morgan fingerprint density at radius 3 is 2.59 bits per heavy atom. The first-order chi connectivity index (χ1) is 13.3. The molecule has 4 rings (SSSR count). The molecule has 0 atom stereocenters. The lowest BCUT2D eigenvalue weighted by Gasteiger charge is -2.00. The van der Waals surface area contributed by atoms with E-state index in [-0.39, 0.29) is 0 Å². The number of thiazole rings is 1. The first-order valence-corrected chi connectivity index (χ1v) is 9.44. The maximum absolute atomic E-state index is 10.8. The molecule has 0 amide bonds. The van der Waals surface area contributed by atoms with E-state index in [0.29, 0.717) is 12.1 Å². The van der Waals surface area contributed by atoms with Gasteiger partial charge < -0.3 is 0 Å². The molecule has 0 aliphatic rings. The number of aldehydes is 1. The third-order valence-corrected chi connectivity index (χ3v) is 4.92. The van der Waals surface area contributed by atoms with Gasteiger partial charge in [-0.3, -0.25) is 9.48 Å². The molecule has 0 saturated carbocycles. The number of rotatable bonds is 6. The SMILES string of the molecule is O=Cc1cnn(Cc2nc(-c3cccc(/C=C/c4ccccc4)c3)cs2)c1. The van der Waals surface area contributed by atoms with Crippen LogP contribution in [0.15, 0.2) is 72.4 Å². The fourth-order valence-electron chi connectivity index (χ4n) is 2.74. The van der Waals surface area contributed by atoms with Gasteiger partial charge in [0.05, 0.1) is 24.0 Å². The van der Waals surface area contributed by atoms with E-state index in [1.165, 1.54) is 5.56 Å². The number of nitrogens with zero attached hydrogens (tertiary/aromatic N) is 3. The van der Waals surface area contributed by atoms with E-state index in [1.54, 1.807) is 28.4 Å². The Morgan fingerprint density at radius 2 is 1.78 bits per heavy atom. The molecular formula is C22H17N3OS. The zero-order chi connectivity index (χ0) is 18.5. The fourth-order valence-corrected chi connectivity index (χ4v) is 3.53. The van der Waals surface area contributed by atoms with Crippen molar-refractivity contribution in [1.29, 1.82) is 0 Å². The maximum Gasteiger partial charge on any atom is 0.153 e. The number of hydrogen-bond acceptors (Lipinski definition) is 4. The van der Waals surface area contributed by atoms with Gasteiger partial charge in [-0.25, -0.2) is 4.98 Å². The summed E-state index contributed by atoms with van der Waals surface area (Å²) in [7, 11) is 0. The van der Waals surface area contributed by atoms with Gasteiger partial charge in [-0.05, 0) is 17.2 Å². The maximum atomic E-state index is 10.8. The molecule has 5 heteroatoms. The minimum Gasteiger partial charge on any atom is -0.298 e. The van der Waals surface area contributed by atoms with E-state index in [0.717, 1.165) is 28.1 Å². The molecular weight excluding hydrogens is 354 g/mol. The lowest BCUT2D eigenvalue weighted by molar-refractivity contribution is 0.112. The summed E-state index contributed by atoms with van der Waals surface area (Å²) in [4.78, 5) is 15.5. The highest BCUT2D eigenvalue weighted by atomic mass is 32.1. The number of benzene rings is 2. The second-order valence-corrected chi connectivity index (χ2v) is 7.03. The van der Waals surface area contributed by atoms with Crippen LogP contribution in [0.1, 0.15) is 26.5 Å². The van der Waals surface area contributed by atoms with Crippen LogP contribution in [0.2, 0.25) is 0 Å². The molecule has 0 unspecified atom stereocenters. The summed E-state index contributed by atoms with van der Waals surface area (Å²) >= 11 is 1.59. The number of hydrogen-bond donors (Lipinski definition) is 0. The lowest BCUT2D eigenvalue weighted by atomic mass is 10.1. The lowest BCUT2D eigenvalue weighted by Crippen LogP contribution is -1.99. The zero-order valence-electron chi connectivity index (χ0n) is 14.5. The summed E-state index contributed by atoms with van der Waals surface area (Å²) in [6, 6.07) is 18.6. The van der Waals surface area contributed by atoms with Crippen LogP contribution in [0.5, 0.6) is 0 Å². The van der Waals surface area contributed by atoms with Crippen molar-refractivity contribution >= 4 is 29.8 Å². The van der Waals surface area contributed by atoms with Crippen molar-refractivity contribution in [1.82, 2.24) is 14.8 Å². The van der Waals surface area contributed by atoms with E-state index in [1.807, 2.05) is 24.3 Å². The highest BCUT2D eigenvalue weighted by molar-refractivity contribution is 7.09. The van der Waals surface area contributed by atoms with Crippen molar-refractivity contribution in [3.05, 3.63) is 94.1 Å². The quantitative estimate of drug-likeness (QED) is 0.352. The highest BCUT2D eigenvalue weighted by Gasteiger charge is 2.07. The Labute approximate surface area is 161 Å². The first kappa shape index (κ1) is 17.1. The number of aromatic nitrogens is 3. The smallest absolute Gasteiger partial charge is 0.153 e. The monoisotopic (exact) mass is 371 g/mol. The highest BCUT2D eigenvalue weighted by Crippen LogP contribution is 2.24. The standard InChI is InChI=1S/C22H17N3OS/c26-15-19-12-23-25(13-19)14-22-24-21(16-27-22)20-8-4-7-18(11-20)10-9-17-5-2-1-3-6-17/h1-13,15-16H,14H2/b10-9+. The molecule has 0 N–H and O–H groups in total. The molecule has 0 fully saturated rings. The number of carbonyl (C=O) groups excluding carboxylic acids is 1. The van der Waals surface area contributed by atoms with Crippen molar-refractivity contribution in [3.8, 4) is 11.3 Å². The van der Waals surface area contributed by atoms with Crippen LogP contribution in [0.25, 0.3) is 23.4 Å². The van der Waals surface area contributed by atoms with Crippen molar-refractivity contribution in [2.45, 2.75) is 6.54 Å². The molecule has 0 saturated heterocycles. The van der Waals surface area contributed by atoms with Gasteiger partial charge in [-0.15, -0.1) is 11.3 Å². The van der Waals surface area contributed by atoms with E-state index in [9.17, 15) is 4.79 Å². The predicted octanol–water partition coefficient (Wildman–Crippen LogP) is 5.04. The van der Waals surface area contributed by atoms with Gasteiger partial charge in [0.15, 0.2) is 6.29 Å². The van der Waals surface area contributed by atoms with Crippen molar-refractivity contribution in [2.75, 3.05) is 0 Å². The Bertz CT molecular complexity index is 1080. The molecule has 4 nitrogen and oxygen atoms in total. The molecule has 27 heavy (non-hydrogen) atoms. The molecule has 4 aromatic rings. The van der Waals surface area contributed by atoms with E-state index < -0.39 is 0 Å². The third-order valence-electron chi connectivity index (χ3n) is 4.09. The van der Waals surface area contributed by atoms with Crippen LogP contribution < -0.4 is 0 Å². The molecule has 2 heterocycles. The van der Waals surface area contributed by atoms with Crippen LogP contribution in [-0.4, -0.2) is 21.1 Å². The Hall–Kier alpha value is -3.31. The van der Waals surface area contributed by atoms with Gasteiger partial charge in [-0.1, -0.05) is 60.7 Å². The summed E-state index contributed by atoms with van der Waals surface area (Å²) in [5.74, 6) is 0. The van der Waals surface area contributed by atoms with Crippen LogP contribution in [0, 0.1) is 0 Å². The molecule has 0 spiro atoms. The second-order valence-electron chi connectivity index (χ2n) is 6.09. The summed E-state index contributed by atoms with van der Waals surface area (Å²) in [5, 5.41) is 7.18. The predicted molar refractivity (Wildman–Crippen MR) is 110 cm³/mol. The molecule has 0 bridgehead atoms. The summed E-state index contributed by atoms with van der Waals surface area (Å²) in [6.45, 7) is 0.562. The molecule has 0 radical (unpaired) electrons. The Balaban J connectivity index is 1.51. The second kappa shape index (κ2) is 7.93. The van der Waals surface area contributed by atoms with Crippen molar-refractivity contribution < 1.29 is 4.79 Å². The molecule has 0 aliphatic carbocycles. The van der Waals surface area contributed by atoms with Crippen molar-refractivity contribution in [3.63, 3.8) is 0 Å². The average molecular weight is 371 g/mol. The van der Waals surface area contributed by atoms with Gasteiger partial charge in [0.1, 0.15) is 5.01 Å². The van der Waals surface area contributed by atoms with Crippen LogP contribution >= 0.6 is 11.3 Å². The van der Waals surface area contributed by atoms with Gasteiger partial charge in [-0.2, -0.15) is 5.10 Å². The van der Waals surface area contributed by atoms with Gasteiger partial charge in [0, 0.05) is 17.1 Å². The molecule has 0 aliphatic heterocycles. The average Bonchev–Trinajstić information content (AvgIpc) is 3.37. The van der Waals surface area contributed by atoms with Crippen LogP contribution in [0.4, 0.5) is 0 Å². The van der Waals surface area contributed by atoms with Crippen LogP contribution in [0.3, 0.4) is 0 Å². The van der Waals surface area contributed by atoms with Gasteiger partial charge in [0.25, 0.3) is 0 Å². The van der Waals surface area contributed by atoms with E-state index in [4.69, 9.17) is 4.98 Å². The van der Waals surface area contributed by atoms with Crippen LogP contribution in [-0.2, 0) is 6.54 Å². The van der Waals surface area contributed by atoms with Gasteiger partial charge in [0.2, 0.25) is 0 Å². The third kappa shape index (κ3) is 4.27. The van der Waals surface area contributed by atoms with E-state index in [2.05, 4.69) is 53.0 Å². The summed E-state index contributed by atoms with van der Waals surface area (Å²) in [6.07, 6.45) is 8.29. The minimum atomic E-state index is 0.562. The van der Waals surface area contributed by atoms with Crippen molar-refractivity contribution in [2.24, 2.45) is 0 Å². The first-order valence-electron chi connectivity index (χ1n) is 8.56.